The molecule has 7 heteroatoms. The number of nitrogen functional groups attached to an aromatic ring is 1. The van der Waals surface area contributed by atoms with Crippen LogP contribution in [0, 0.1) is 16.0 Å². The number of nitrogens with two attached hydrogens (primary N) is 1. The molecule has 1 aromatic rings. The van der Waals surface area contributed by atoms with Crippen molar-refractivity contribution in [2.24, 2.45) is 11.8 Å². The molecule has 116 valence electrons. The highest BCUT2D eigenvalue weighted by Gasteiger charge is 2.20. The minimum Gasteiger partial charge on any atom is -0.379 e. The molecule has 0 saturated carbocycles. The topological polar surface area (TPSA) is 96.5 Å². The summed E-state index contributed by atoms with van der Waals surface area (Å²) in [5.74, 6) is 5.76. The monoisotopic (exact) mass is 293 g/mol. The van der Waals surface area contributed by atoms with Crippen molar-refractivity contribution in [2.75, 3.05) is 36.9 Å². The Labute approximate surface area is 124 Å². The van der Waals surface area contributed by atoms with E-state index in [0.29, 0.717) is 23.8 Å². The summed E-state index contributed by atoms with van der Waals surface area (Å²) in [7, 11) is 0. The Morgan fingerprint density at radius 2 is 2.05 bits per heavy atom. The van der Waals surface area contributed by atoms with Crippen LogP contribution in [0.3, 0.4) is 0 Å². The lowest BCUT2D eigenvalue weighted by molar-refractivity contribution is -0.383. The molecule has 0 radical (unpaired) electrons. The van der Waals surface area contributed by atoms with Crippen LogP contribution in [0.5, 0.6) is 0 Å². The van der Waals surface area contributed by atoms with Crippen LogP contribution in [0.4, 0.5) is 17.1 Å². The number of nitro benzene ring substituents is 1. The van der Waals surface area contributed by atoms with Crippen LogP contribution in [0.1, 0.15) is 19.8 Å². The first-order valence-corrected chi connectivity index (χ1v) is 7.32. The van der Waals surface area contributed by atoms with Gasteiger partial charge in [-0.2, -0.15) is 0 Å². The van der Waals surface area contributed by atoms with E-state index in [4.69, 9.17) is 5.84 Å². The molecule has 1 heterocycles. The van der Waals surface area contributed by atoms with Crippen molar-refractivity contribution >= 4 is 17.1 Å². The van der Waals surface area contributed by atoms with Gasteiger partial charge in [-0.3, -0.25) is 16.0 Å². The normalized spacial score (nSPS) is 16.7. The maximum atomic E-state index is 11.2. The van der Waals surface area contributed by atoms with Crippen molar-refractivity contribution in [2.45, 2.75) is 19.8 Å². The van der Waals surface area contributed by atoms with Gasteiger partial charge in [-0.15, -0.1) is 0 Å². The molecule has 1 saturated heterocycles. The van der Waals surface area contributed by atoms with E-state index in [1.165, 1.54) is 12.8 Å². The number of benzene rings is 1. The number of likely N-dealkylation sites (tertiary alicyclic amines) is 1. The molecule has 4 N–H and O–H groups in total. The largest absolute Gasteiger partial charge is 0.379 e. The Kier molecular flexibility index (Phi) is 5.35. The number of nitro groups is 1. The minimum absolute atomic E-state index is 0.00614. The number of anilines is 2. The van der Waals surface area contributed by atoms with E-state index in [1.807, 2.05) is 0 Å². The molecule has 0 bridgehead atoms. The van der Waals surface area contributed by atoms with E-state index >= 15 is 0 Å². The maximum absolute atomic E-state index is 11.2. The van der Waals surface area contributed by atoms with Gasteiger partial charge in [-0.1, -0.05) is 13.0 Å². The second-order valence-electron chi connectivity index (χ2n) is 5.60. The van der Waals surface area contributed by atoms with E-state index < -0.39 is 4.92 Å². The van der Waals surface area contributed by atoms with Gasteiger partial charge in [0, 0.05) is 13.1 Å². The lowest BCUT2D eigenvalue weighted by atomic mass is 10.1. The molecule has 2 rings (SSSR count). The predicted molar refractivity (Wildman–Crippen MR) is 84.2 cm³/mol. The van der Waals surface area contributed by atoms with Crippen molar-refractivity contribution in [1.29, 1.82) is 0 Å². The SMILES string of the molecule is CC(CNc1cccc(NN)c1[N+](=O)[O-])CN1CCCC1. The highest BCUT2D eigenvalue weighted by molar-refractivity contribution is 5.75. The van der Waals surface area contributed by atoms with Gasteiger partial charge in [-0.05, 0) is 44.0 Å². The molecule has 0 aromatic heterocycles. The molecule has 21 heavy (non-hydrogen) atoms. The number of rotatable bonds is 7. The van der Waals surface area contributed by atoms with Crippen molar-refractivity contribution in [1.82, 2.24) is 4.90 Å². The Hall–Kier alpha value is -1.86. The van der Waals surface area contributed by atoms with Gasteiger partial charge in [0.15, 0.2) is 0 Å². The van der Waals surface area contributed by atoms with Gasteiger partial charge in [0.2, 0.25) is 0 Å². The van der Waals surface area contributed by atoms with Crippen LogP contribution >= 0.6 is 0 Å². The summed E-state index contributed by atoms with van der Waals surface area (Å²) in [6.07, 6.45) is 2.55. The number of para-hydroxylation sites is 1. The van der Waals surface area contributed by atoms with Crippen LogP contribution in [-0.4, -0.2) is 36.0 Å². The van der Waals surface area contributed by atoms with Crippen molar-refractivity contribution in [3.63, 3.8) is 0 Å². The third-order valence-electron chi connectivity index (χ3n) is 3.78. The first-order valence-electron chi connectivity index (χ1n) is 7.32. The summed E-state index contributed by atoms with van der Waals surface area (Å²) < 4.78 is 0. The van der Waals surface area contributed by atoms with Crippen molar-refractivity contribution in [3.05, 3.63) is 28.3 Å². The third-order valence-corrected chi connectivity index (χ3v) is 3.78. The Morgan fingerprint density at radius 3 is 2.67 bits per heavy atom. The van der Waals surface area contributed by atoms with E-state index in [-0.39, 0.29) is 5.69 Å². The predicted octanol–water partition coefficient (Wildman–Crippen LogP) is 2.02. The number of nitrogens with one attached hydrogen (secondary N) is 2. The first-order chi connectivity index (χ1) is 10.1. The minimum atomic E-state index is -0.414. The second-order valence-corrected chi connectivity index (χ2v) is 5.60. The van der Waals surface area contributed by atoms with E-state index in [1.54, 1.807) is 18.2 Å². The zero-order valence-corrected chi connectivity index (χ0v) is 12.3. The fourth-order valence-corrected chi connectivity index (χ4v) is 2.75. The Bertz CT molecular complexity index is 488. The molecule has 1 unspecified atom stereocenters. The standard InChI is InChI=1S/C14H23N5O2/c1-11(10-18-7-2-3-8-18)9-16-12-5-4-6-13(17-15)14(12)19(20)21/h4-6,11,16-17H,2-3,7-10,15H2,1H3. The van der Waals surface area contributed by atoms with Gasteiger partial charge in [-0.25, -0.2) is 0 Å². The Balaban J connectivity index is 1.97. The number of nitrogens with zero attached hydrogens (tertiary/aromatic N) is 2. The molecule has 1 aliphatic rings. The zero-order valence-electron chi connectivity index (χ0n) is 12.3. The average Bonchev–Trinajstić information content (AvgIpc) is 2.97. The van der Waals surface area contributed by atoms with Crippen molar-refractivity contribution in [3.8, 4) is 0 Å². The molecule has 1 fully saturated rings. The summed E-state index contributed by atoms with van der Waals surface area (Å²) in [5, 5.41) is 14.4. The highest BCUT2D eigenvalue weighted by Crippen LogP contribution is 2.32. The lowest BCUT2D eigenvalue weighted by Crippen LogP contribution is -2.29. The van der Waals surface area contributed by atoms with Gasteiger partial charge in [0.25, 0.3) is 0 Å². The van der Waals surface area contributed by atoms with E-state index in [9.17, 15) is 10.1 Å². The summed E-state index contributed by atoms with van der Waals surface area (Å²) in [4.78, 5) is 13.2. The van der Waals surface area contributed by atoms with Gasteiger partial charge in [0.05, 0.1) is 4.92 Å². The molecular weight excluding hydrogens is 270 g/mol. The smallest absolute Gasteiger partial charge is 0.316 e. The summed E-state index contributed by atoms with van der Waals surface area (Å²) >= 11 is 0. The molecule has 1 aliphatic heterocycles. The number of hydrogen-bond donors (Lipinski definition) is 3. The molecule has 0 aliphatic carbocycles. The van der Waals surface area contributed by atoms with E-state index in [0.717, 1.165) is 19.6 Å². The lowest BCUT2D eigenvalue weighted by Gasteiger charge is -2.21. The van der Waals surface area contributed by atoms with Gasteiger partial charge < -0.3 is 15.6 Å². The summed E-state index contributed by atoms with van der Waals surface area (Å²) in [5.41, 5.74) is 3.19. The number of hydrazine groups is 1. The molecular formula is C14H23N5O2. The summed E-state index contributed by atoms with van der Waals surface area (Å²) in [6, 6.07) is 5.05. The van der Waals surface area contributed by atoms with Crippen LogP contribution < -0.4 is 16.6 Å². The van der Waals surface area contributed by atoms with Crippen LogP contribution in [0.25, 0.3) is 0 Å². The molecule has 0 amide bonds. The quantitative estimate of drug-likeness (QED) is 0.404. The van der Waals surface area contributed by atoms with Crippen LogP contribution in [0.2, 0.25) is 0 Å². The first kappa shape index (κ1) is 15.5. The van der Waals surface area contributed by atoms with Crippen LogP contribution in [0.15, 0.2) is 18.2 Å². The van der Waals surface area contributed by atoms with E-state index in [2.05, 4.69) is 22.6 Å². The average molecular weight is 293 g/mol. The number of hydrogen-bond acceptors (Lipinski definition) is 6. The zero-order chi connectivity index (χ0) is 15.2. The molecule has 1 aromatic carbocycles. The fraction of sp³-hybridized carbons (Fsp3) is 0.571. The van der Waals surface area contributed by atoms with Gasteiger partial charge in [0.1, 0.15) is 11.4 Å². The second kappa shape index (κ2) is 7.24. The third kappa shape index (κ3) is 4.05. The molecule has 0 spiro atoms. The highest BCUT2D eigenvalue weighted by atomic mass is 16.6. The fourth-order valence-electron chi connectivity index (χ4n) is 2.75. The molecule has 1 atom stereocenters. The van der Waals surface area contributed by atoms with Gasteiger partial charge >= 0.3 is 5.69 Å². The molecule has 7 nitrogen and oxygen atoms in total. The maximum Gasteiger partial charge on any atom is 0.316 e. The van der Waals surface area contributed by atoms with Crippen molar-refractivity contribution < 1.29 is 4.92 Å². The Morgan fingerprint density at radius 1 is 1.38 bits per heavy atom. The van der Waals surface area contributed by atoms with Crippen LogP contribution in [-0.2, 0) is 0 Å². The summed E-state index contributed by atoms with van der Waals surface area (Å²) in [6.45, 7) is 6.21.